The molecule has 0 atom stereocenters. The van der Waals surface area contributed by atoms with E-state index in [1.807, 2.05) is 19.1 Å². The molecule has 1 aromatic rings. The molecular formula is C24H44O7Si3. The Hall–Kier alpha value is -1.60. The van der Waals surface area contributed by atoms with Crippen molar-refractivity contribution in [2.75, 3.05) is 27.9 Å². The first-order chi connectivity index (χ1) is 15.6. The van der Waals surface area contributed by atoms with E-state index >= 15 is 0 Å². The first-order valence-electron chi connectivity index (χ1n) is 11.7. The topological polar surface area (TPSA) is 72.5 Å². The highest BCUT2D eigenvalue weighted by Crippen LogP contribution is 2.31. The third kappa shape index (κ3) is 9.22. The number of aryl methyl sites for hydroxylation is 1. The van der Waals surface area contributed by atoms with Crippen molar-refractivity contribution in [3.63, 3.8) is 0 Å². The molecule has 0 aliphatic rings. The van der Waals surface area contributed by atoms with Gasteiger partial charge in [0.2, 0.25) is 5.76 Å². The fraction of sp³-hybridized carbons (Fsp3) is 0.625. The van der Waals surface area contributed by atoms with Crippen LogP contribution in [0, 0.1) is 12.8 Å². The van der Waals surface area contributed by atoms with Crippen molar-refractivity contribution in [2.24, 2.45) is 5.92 Å². The van der Waals surface area contributed by atoms with Gasteiger partial charge in [-0.2, -0.15) is 0 Å². The second-order valence-corrected chi connectivity index (χ2v) is 22.1. The molecule has 0 aliphatic carbocycles. The average molecular weight is 529 g/mol. The van der Waals surface area contributed by atoms with Gasteiger partial charge in [-0.1, -0.05) is 19.9 Å². The van der Waals surface area contributed by atoms with Crippen molar-refractivity contribution in [2.45, 2.75) is 66.5 Å². The zero-order valence-corrected chi connectivity index (χ0v) is 26.2. The summed E-state index contributed by atoms with van der Waals surface area (Å²) in [7, 11) is -1.66. The molecule has 34 heavy (non-hydrogen) atoms. The molecule has 0 amide bonds. The van der Waals surface area contributed by atoms with Crippen LogP contribution in [0.2, 0.25) is 39.3 Å². The number of ether oxygens (including phenoxy) is 4. The van der Waals surface area contributed by atoms with Gasteiger partial charge in [0, 0.05) is 5.19 Å². The van der Waals surface area contributed by atoms with Gasteiger partial charge in [-0.25, -0.2) is 4.79 Å². The molecule has 0 saturated carbocycles. The van der Waals surface area contributed by atoms with Gasteiger partial charge in [-0.15, -0.1) is 0 Å². The van der Waals surface area contributed by atoms with Gasteiger partial charge in [0.15, 0.2) is 22.4 Å². The van der Waals surface area contributed by atoms with Crippen molar-refractivity contribution in [3.8, 4) is 5.75 Å². The molecule has 10 heteroatoms. The number of rotatable bonds is 13. The Morgan fingerprint density at radius 3 is 1.91 bits per heavy atom. The summed E-state index contributed by atoms with van der Waals surface area (Å²) >= 11 is 0. The molecule has 7 nitrogen and oxygen atoms in total. The van der Waals surface area contributed by atoms with Crippen molar-refractivity contribution in [3.05, 3.63) is 29.0 Å². The van der Waals surface area contributed by atoms with E-state index in [0.717, 1.165) is 17.2 Å². The quantitative estimate of drug-likeness (QED) is 0.159. The molecule has 0 fully saturated rings. The van der Waals surface area contributed by atoms with Crippen LogP contribution in [-0.4, -0.2) is 59.8 Å². The summed E-state index contributed by atoms with van der Waals surface area (Å²) in [5.41, 5.74) is 1.61. The minimum absolute atomic E-state index is 0.00481. The largest absolute Gasteiger partial charge is 0.496 e. The molecule has 0 N–H and O–H groups in total. The molecule has 0 bridgehead atoms. The van der Waals surface area contributed by atoms with E-state index in [9.17, 15) is 4.79 Å². The van der Waals surface area contributed by atoms with E-state index in [0.29, 0.717) is 23.8 Å². The van der Waals surface area contributed by atoms with Gasteiger partial charge in [0.1, 0.15) is 5.75 Å². The zero-order valence-electron chi connectivity index (χ0n) is 23.1. The molecule has 0 heterocycles. The maximum Gasteiger partial charge on any atom is 0.377 e. The van der Waals surface area contributed by atoms with Gasteiger partial charge < -0.3 is 27.2 Å². The van der Waals surface area contributed by atoms with E-state index in [1.54, 1.807) is 7.11 Å². The van der Waals surface area contributed by atoms with Crippen molar-refractivity contribution >= 4 is 42.8 Å². The molecular weight excluding hydrogens is 485 g/mol. The molecule has 1 rings (SSSR count). The Morgan fingerprint density at radius 1 is 0.941 bits per heavy atom. The van der Waals surface area contributed by atoms with E-state index in [1.165, 1.54) is 14.2 Å². The normalized spacial score (nSPS) is 13.1. The molecule has 194 valence electrons. The predicted molar refractivity (Wildman–Crippen MR) is 145 cm³/mol. The molecule has 0 saturated heterocycles. The molecule has 0 unspecified atom stereocenters. The summed E-state index contributed by atoms with van der Waals surface area (Å²) in [4.78, 5) is 12.8. The van der Waals surface area contributed by atoms with Gasteiger partial charge in [0.05, 0.1) is 33.5 Å². The summed E-state index contributed by atoms with van der Waals surface area (Å²) < 4.78 is 35.8. The summed E-state index contributed by atoms with van der Waals surface area (Å²) in [6.45, 7) is 19.4. The van der Waals surface area contributed by atoms with Gasteiger partial charge in [-0.3, -0.25) is 0 Å². The number of hydrogen-bond acceptors (Lipinski definition) is 7. The summed E-state index contributed by atoms with van der Waals surface area (Å²) in [5, 5.41) is 0.919. The minimum atomic E-state index is -2.35. The first kappa shape index (κ1) is 30.4. The van der Waals surface area contributed by atoms with Crippen LogP contribution < -0.4 is 9.92 Å². The van der Waals surface area contributed by atoms with E-state index in [-0.39, 0.29) is 11.5 Å². The molecule has 1 aromatic carbocycles. The lowest BCUT2D eigenvalue weighted by Gasteiger charge is -2.32. The van der Waals surface area contributed by atoms with Gasteiger partial charge in [-0.05, 0) is 70.2 Å². The van der Waals surface area contributed by atoms with Crippen molar-refractivity contribution < 1.29 is 32.0 Å². The Morgan fingerprint density at radius 2 is 1.50 bits per heavy atom. The SMILES string of the molecule is COC(C(=O)OCCC(C)C)=C(OC)c1ccc(C)c([SiH](O[Si](C)(C)C)O[Si](C)(C)C)c1OC. The Balaban J connectivity index is 3.68. The molecule has 0 aliphatic heterocycles. The third-order valence-corrected chi connectivity index (χ3v) is 13.3. The smallest absolute Gasteiger partial charge is 0.377 e. The first-order valence-corrected chi connectivity index (χ1v) is 20.0. The predicted octanol–water partition coefficient (Wildman–Crippen LogP) is 4.68. The minimum Gasteiger partial charge on any atom is -0.496 e. The van der Waals surface area contributed by atoms with Crippen molar-refractivity contribution in [1.82, 2.24) is 0 Å². The highest BCUT2D eigenvalue weighted by molar-refractivity contribution is 6.85. The van der Waals surface area contributed by atoms with Crippen molar-refractivity contribution in [1.29, 1.82) is 0 Å². The highest BCUT2D eigenvalue weighted by atomic mass is 28.4. The van der Waals surface area contributed by atoms with E-state index < -0.39 is 31.9 Å². The lowest BCUT2D eigenvalue weighted by molar-refractivity contribution is -0.143. The number of methoxy groups -OCH3 is 3. The third-order valence-electron chi connectivity index (χ3n) is 4.75. The van der Waals surface area contributed by atoms with Gasteiger partial charge in [0.25, 0.3) is 0 Å². The lowest BCUT2D eigenvalue weighted by atomic mass is 10.1. The fourth-order valence-corrected chi connectivity index (χ4v) is 10.9. The van der Waals surface area contributed by atoms with Crippen LogP contribution in [0.15, 0.2) is 17.9 Å². The summed E-state index contributed by atoms with van der Waals surface area (Å²) in [6.07, 6.45) is 0.762. The van der Waals surface area contributed by atoms with Crippen LogP contribution in [0.5, 0.6) is 5.75 Å². The maximum atomic E-state index is 12.8. The monoisotopic (exact) mass is 528 g/mol. The molecule has 0 aromatic heterocycles. The average Bonchev–Trinajstić information content (AvgIpc) is 2.68. The fourth-order valence-electron chi connectivity index (χ4n) is 3.22. The zero-order chi connectivity index (χ0) is 26.3. The van der Waals surface area contributed by atoms with E-state index in [2.05, 4.69) is 53.1 Å². The van der Waals surface area contributed by atoms with Crippen LogP contribution in [-0.2, 0) is 27.2 Å². The van der Waals surface area contributed by atoms with E-state index in [4.69, 9.17) is 27.2 Å². The maximum absolute atomic E-state index is 12.8. The number of carbonyl (C=O) groups is 1. The number of carbonyl (C=O) groups excluding carboxylic acids is 1. The number of hydrogen-bond donors (Lipinski definition) is 0. The van der Waals surface area contributed by atoms with Gasteiger partial charge >= 0.3 is 15.3 Å². The number of benzene rings is 1. The second-order valence-electron chi connectivity index (χ2n) is 10.6. The Kier molecular flexibility index (Phi) is 11.6. The van der Waals surface area contributed by atoms with Crippen LogP contribution in [0.3, 0.4) is 0 Å². The Bertz CT molecular complexity index is 839. The molecule has 0 radical (unpaired) electrons. The summed E-state index contributed by atoms with van der Waals surface area (Å²) in [6, 6.07) is 3.84. The standard InChI is InChI=1S/C24H44O7Si3/c1-17(2)15-16-29-24(25)22(28-6)20(26-4)19-14-13-18(3)23(21(19)27-5)32(30-33(7,8)9)31-34(10,11)12/h13-14,17,32H,15-16H2,1-12H3. The summed E-state index contributed by atoms with van der Waals surface area (Å²) in [5.74, 6) is 0.673. The van der Waals surface area contributed by atoms with Crippen LogP contribution in [0.1, 0.15) is 31.4 Å². The van der Waals surface area contributed by atoms with Crippen LogP contribution in [0.4, 0.5) is 0 Å². The Labute approximate surface area is 209 Å². The lowest BCUT2D eigenvalue weighted by Crippen LogP contribution is -2.51. The number of esters is 1. The van der Waals surface area contributed by atoms with Crippen LogP contribution in [0.25, 0.3) is 5.76 Å². The van der Waals surface area contributed by atoms with Crippen LogP contribution >= 0.6 is 0 Å². The molecule has 0 spiro atoms. The second kappa shape index (κ2) is 12.9. The highest BCUT2D eigenvalue weighted by Gasteiger charge is 2.35.